The fourth-order valence-corrected chi connectivity index (χ4v) is 3.60. The molecule has 0 aromatic heterocycles. The van der Waals surface area contributed by atoms with Gasteiger partial charge in [-0.2, -0.15) is 0 Å². The van der Waals surface area contributed by atoms with Crippen LogP contribution in [0.5, 0.6) is 0 Å². The van der Waals surface area contributed by atoms with Crippen molar-refractivity contribution >= 4 is 11.9 Å². The average molecular weight is 252 g/mol. The summed E-state index contributed by atoms with van der Waals surface area (Å²) in [6.45, 7) is 9.81. The van der Waals surface area contributed by atoms with E-state index in [9.17, 15) is 9.59 Å². The van der Waals surface area contributed by atoms with Crippen LogP contribution >= 0.6 is 0 Å². The molecular weight excluding hydrogens is 232 g/mol. The molecule has 0 amide bonds. The lowest BCUT2D eigenvalue weighted by Gasteiger charge is -2.38. The van der Waals surface area contributed by atoms with Gasteiger partial charge in [0.05, 0.1) is 0 Å². The van der Waals surface area contributed by atoms with Gasteiger partial charge in [-0.25, -0.2) is 9.59 Å². The van der Waals surface area contributed by atoms with Crippen LogP contribution < -0.4 is 0 Å². The molecule has 1 unspecified atom stereocenters. The smallest absolute Gasteiger partial charge is 0.345 e. The van der Waals surface area contributed by atoms with E-state index in [0.717, 1.165) is 19.3 Å². The summed E-state index contributed by atoms with van der Waals surface area (Å²) in [7, 11) is 0. The van der Waals surface area contributed by atoms with Crippen LogP contribution in [0.1, 0.15) is 40.0 Å². The number of carbonyl (C=O) groups is 2. The second-order valence-corrected chi connectivity index (χ2v) is 6.29. The van der Waals surface area contributed by atoms with Crippen LogP contribution in [-0.4, -0.2) is 23.1 Å². The van der Waals surface area contributed by atoms with Gasteiger partial charge in [-0.3, -0.25) is 0 Å². The highest BCUT2D eigenvalue weighted by Gasteiger charge is 2.62. The fraction of sp³-hybridized carbons (Fsp3) is 0.714. The second-order valence-electron chi connectivity index (χ2n) is 6.29. The topological polar surface area (TPSA) is 63.6 Å². The first-order valence-electron chi connectivity index (χ1n) is 6.33. The normalized spacial score (nSPS) is 36.4. The average Bonchev–Trinajstić information content (AvgIpc) is 2.60. The van der Waals surface area contributed by atoms with Gasteiger partial charge in [-0.15, -0.1) is 0 Å². The number of carbonyl (C=O) groups excluding carboxylic acids is 1. The van der Waals surface area contributed by atoms with E-state index in [0.29, 0.717) is 5.92 Å². The zero-order chi connectivity index (χ0) is 13.7. The summed E-state index contributed by atoms with van der Waals surface area (Å²) in [5.74, 6) is -1.55. The van der Waals surface area contributed by atoms with E-state index in [1.54, 1.807) is 0 Å². The molecule has 2 aliphatic carbocycles. The van der Waals surface area contributed by atoms with Gasteiger partial charge in [0.25, 0.3) is 0 Å². The fourth-order valence-electron chi connectivity index (χ4n) is 3.60. The maximum Gasteiger partial charge on any atom is 0.345 e. The molecule has 1 N–H and O–H groups in total. The minimum absolute atomic E-state index is 0.0495. The van der Waals surface area contributed by atoms with Crippen molar-refractivity contribution in [2.24, 2.45) is 16.7 Å². The van der Waals surface area contributed by atoms with E-state index in [4.69, 9.17) is 9.84 Å². The predicted octanol–water partition coefficient (Wildman–Crippen LogP) is 2.39. The molecule has 0 aromatic carbocycles. The summed E-state index contributed by atoms with van der Waals surface area (Å²) >= 11 is 0. The molecule has 2 saturated carbocycles. The molecule has 0 aromatic rings. The van der Waals surface area contributed by atoms with Crippen LogP contribution in [0.3, 0.4) is 0 Å². The highest BCUT2D eigenvalue weighted by atomic mass is 16.5. The van der Waals surface area contributed by atoms with E-state index in [1.165, 1.54) is 0 Å². The Morgan fingerprint density at radius 3 is 2.33 bits per heavy atom. The van der Waals surface area contributed by atoms with Crippen molar-refractivity contribution in [2.45, 2.75) is 46.1 Å². The number of rotatable bonds is 3. The number of hydrogen-bond donors (Lipinski definition) is 1. The van der Waals surface area contributed by atoms with E-state index in [-0.39, 0.29) is 16.9 Å². The van der Waals surface area contributed by atoms with Crippen LogP contribution in [0.25, 0.3) is 0 Å². The summed E-state index contributed by atoms with van der Waals surface area (Å²) < 4.78 is 5.39. The lowest BCUT2D eigenvalue weighted by Crippen LogP contribution is -2.38. The molecule has 18 heavy (non-hydrogen) atoms. The van der Waals surface area contributed by atoms with Crippen LogP contribution in [0, 0.1) is 16.7 Å². The molecule has 100 valence electrons. The molecule has 0 radical (unpaired) electrons. The maximum atomic E-state index is 11.7. The second kappa shape index (κ2) is 3.84. The molecule has 2 rings (SSSR count). The van der Waals surface area contributed by atoms with Crippen molar-refractivity contribution in [1.29, 1.82) is 0 Å². The summed E-state index contributed by atoms with van der Waals surface area (Å²) in [5.41, 5.74) is -0.395. The van der Waals surface area contributed by atoms with Crippen molar-refractivity contribution in [3.63, 3.8) is 0 Å². The van der Waals surface area contributed by atoms with Crippen molar-refractivity contribution in [1.82, 2.24) is 0 Å². The van der Waals surface area contributed by atoms with E-state index >= 15 is 0 Å². The van der Waals surface area contributed by atoms with Gasteiger partial charge in [0.15, 0.2) is 0 Å². The predicted molar refractivity (Wildman–Crippen MR) is 65.9 cm³/mol. The Labute approximate surface area is 107 Å². The molecule has 0 saturated heterocycles. The number of carboxylic acid groups (broad SMARTS) is 1. The lowest BCUT2D eigenvalue weighted by atomic mass is 9.70. The molecule has 4 nitrogen and oxygen atoms in total. The number of aliphatic carboxylic acids is 1. The standard InChI is InChI=1S/C14H20O4/c1-8(11(15)16)12(17)18-10-7-9-5-6-14(10,4)13(9,2)3/h9-10H,1,5-7H2,2-4H3,(H,15,16)/t9-,10?,14-/m1/s1. The van der Waals surface area contributed by atoms with Gasteiger partial charge >= 0.3 is 11.9 Å². The Morgan fingerprint density at radius 1 is 1.33 bits per heavy atom. The van der Waals surface area contributed by atoms with Crippen molar-refractivity contribution in [3.8, 4) is 0 Å². The largest absolute Gasteiger partial charge is 0.477 e. The van der Waals surface area contributed by atoms with Gasteiger partial charge in [0.2, 0.25) is 0 Å². The number of esters is 1. The van der Waals surface area contributed by atoms with E-state index in [1.807, 2.05) is 0 Å². The Hall–Kier alpha value is -1.32. The molecule has 2 bridgehead atoms. The Bertz CT molecular complexity index is 424. The highest BCUT2D eigenvalue weighted by Crippen LogP contribution is 2.66. The number of fused-ring (bicyclic) bond motifs is 2. The highest BCUT2D eigenvalue weighted by molar-refractivity contribution is 6.12. The van der Waals surface area contributed by atoms with Gasteiger partial charge in [0.1, 0.15) is 11.7 Å². The lowest BCUT2D eigenvalue weighted by molar-refractivity contribution is -0.154. The van der Waals surface area contributed by atoms with Crippen molar-refractivity contribution < 1.29 is 19.4 Å². The SMILES string of the molecule is C=C(C(=O)O)C(=O)OC1C[C@H]2CC[C@@]1(C)C2(C)C. The van der Waals surface area contributed by atoms with Crippen molar-refractivity contribution in [3.05, 3.63) is 12.2 Å². The third kappa shape index (κ3) is 1.58. The van der Waals surface area contributed by atoms with Crippen LogP contribution in [-0.2, 0) is 14.3 Å². The first-order chi connectivity index (χ1) is 8.20. The number of carboxylic acids is 1. The summed E-state index contributed by atoms with van der Waals surface area (Å²) in [5, 5.41) is 8.72. The molecule has 0 aliphatic heterocycles. The summed E-state index contributed by atoms with van der Waals surface area (Å²) in [4.78, 5) is 22.3. The van der Waals surface area contributed by atoms with Crippen molar-refractivity contribution in [2.75, 3.05) is 0 Å². The van der Waals surface area contributed by atoms with Gasteiger partial charge < -0.3 is 9.84 Å². The van der Waals surface area contributed by atoms with Crippen LogP contribution in [0.2, 0.25) is 0 Å². The van der Waals surface area contributed by atoms with Gasteiger partial charge in [-0.05, 0) is 30.6 Å². The monoisotopic (exact) mass is 252 g/mol. The van der Waals surface area contributed by atoms with Crippen LogP contribution in [0.15, 0.2) is 12.2 Å². The zero-order valence-corrected chi connectivity index (χ0v) is 11.2. The Kier molecular flexibility index (Phi) is 2.80. The van der Waals surface area contributed by atoms with E-state index in [2.05, 4.69) is 27.4 Å². The minimum atomic E-state index is -1.31. The van der Waals surface area contributed by atoms with Gasteiger partial charge in [-0.1, -0.05) is 27.4 Å². The molecule has 0 heterocycles. The third-order valence-electron chi connectivity index (χ3n) is 5.47. The Balaban J connectivity index is 2.12. The molecule has 2 fully saturated rings. The number of ether oxygens (including phenoxy) is 1. The molecule has 3 atom stereocenters. The maximum absolute atomic E-state index is 11.7. The third-order valence-corrected chi connectivity index (χ3v) is 5.47. The summed E-state index contributed by atoms with van der Waals surface area (Å²) in [6, 6.07) is 0. The van der Waals surface area contributed by atoms with E-state index < -0.39 is 17.5 Å². The first-order valence-corrected chi connectivity index (χ1v) is 6.33. The van der Waals surface area contributed by atoms with Gasteiger partial charge in [0, 0.05) is 5.41 Å². The first kappa shape index (κ1) is 13.1. The quantitative estimate of drug-likeness (QED) is 0.362. The number of hydrogen-bond acceptors (Lipinski definition) is 3. The van der Waals surface area contributed by atoms with Crippen LogP contribution in [0.4, 0.5) is 0 Å². The molecule has 4 heteroatoms. The molecule has 0 spiro atoms. The zero-order valence-electron chi connectivity index (χ0n) is 11.2. The minimum Gasteiger partial charge on any atom is -0.477 e. The molecular formula is C14H20O4. The Morgan fingerprint density at radius 2 is 1.94 bits per heavy atom. The molecule has 2 aliphatic rings. The summed E-state index contributed by atoms with van der Waals surface area (Å²) in [6.07, 6.45) is 2.84.